The lowest BCUT2D eigenvalue weighted by Crippen LogP contribution is -2.49. The van der Waals surface area contributed by atoms with Crippen molar-refractivity contribution in [3.8, 4) is 0 Å². The van der Waals surface area contributed by atoms with Crippen LogP contribution in [0, 0.1) is 6.92 Å². The molecule has 7 nitrogen and oxygen atoms in total. The van der Waals surface area contributed by atoms with Crippen molar-refractivity contribution in [2.75, 3.05) is 39.3 Å². The Morgan fingerprint density at radius 2 is 2.07 bits per heavy atom. The number of hydrogen-bond acceptors (Lipinski definition) is 4. The highest BCUT2D eigenvalue weighted by atomic mass is 16.5. The van der Waals surface area contributed by atoms with Crippen LogP contribution < -0.4 is 10.6 Å². The first-order valence-electron chi connectivity index (χ1n) is 10.9. The molecular weight excluding hydrogens is 352 g/mol. The normalized spacial score (nSPS) is 16.7. The van der Waals surface area contributed by atoms with Crippen LogP contribution in [0.4, 0.5) is 0 Å². The number of nitrogens with one attached hydrogen (secondary N) is 2. The predicted molar refractivity (Wildman–Crippen MR) is 116 cm³/mol. The van der Waals surface area contributed by atoms with Crippen LogP contribution in [-0.4, -0.2) is 71.9 Å². The number of unbranched alkanes of at least 4 members (excludes halogenated alkanes) is 1. The summed E-state index contributed by atoms with van der Waals surface area (Å²) < 4.78 is 7.87. The summed E-state index contributed by atoms with van der Waals surface area (Å²) in [5.41, 5.74) is 0. The Morgan fingerprint density at radius 1 is 1.29 bits per heavy atom. The standard InChI is InChI=1S/C21H40N6O/c1-5-22-21(24-10-6-7-12-27-15-11-23-19(27)4)25-20-8-13-26(14-9-20)16-17-28-18(2)3/h11,15,18,20H,5-10,12-14,16-17H2,1-4H3,(H2,22,24,25). The Kier molecular flexibility index (Phi) is 10.4. The number of imidazole rings is 1. The van der Waals surface area contributed by atoms with Crippen LogP contribution >= 0.6 is 0 Å². The molecule has 0 amide bonds. The molecule has 160 valence electrons. The third-order valence-corrected chi connectivity index (χ3v) is 5.13. The largest absolute Gasteiger partial charge is 0.377 e. The van der Waals surface area contributed by atoms with Gasteiger partial charge in [0.05, 0.1) is 12.7 Å². The summed E-state index contributed by atoms with van der Waals surface area (Å²) in [5.74, 6) is 2.04. The summed E-state index contributed by atoms with van der Waals surface area (Å²) >= 11 is 0. The second-order valence-electron chi connectivity index (χ2n) is 7.82. The van der Waals surface area contributed by atoms with Crippen LogP contribution in [0.2, 0.25) is 0 Å². The minimum absolute atomic E-state index is 0.321. The number of aryl methyl sites for hydroxylation is 2. The van der Waals surface area contributed by atoms with Crippen LogP contribution in [0.5, 0.6) is 0 Å². The number of ether oxygens (including phenoxy) is 1. The zero-order valence-electron chi connectivity index (χ0n) is 18.3. The SMILES string of the molecule is CCNC(=NCCCCn1ccnc1C)NC1CCN(CCOC(C)C)CC1. The Labute approximate surface area is 171 Å². The van der Waals surface area contributed by atoms with E-state index in [1.54, 1.807) is 0 Å². The predicted octanol–water partition coefficient (Wildman–Crippen LogP) is 2.42. The molecule has 28 heavy (non-hydrogen) atoms. The van der Waals surface area contributed by atoms with E-state index in [9.17, 15) is 0 Å². The van der Waals surface area contributed by atoms with Gasteiger partial charge in [-0.15, -0.1) is 0 Å². The second-order valence-corrected chi connectivity index (χ2v) is 7.82. The lowest BCUT2D eigenvalue weighted by Gasteiger charge is -2.33. The number of likely N-dealkylation sites (tertiary alicyclic amines) is 1. The van der Waals surface area contributed by atoms with E-state index < -0.39 is 0 Å². The molecule has 0 bridgehead atoms. The number of piperidine rings is 1. The van der Waals surface area contributed by atoms with E-state index >= 15 is 0 Å². The minimum atomic E-state index is 0.321. The molecule has 1 aromatic rings. The topological polar surface area (TPSA) is 66.7 Å². The van der Waals surface area contributed by atoms with Gasteiger partial charge in [0.15, 0.2) is 5.96 Å². The van der Waals surface area contributed by atoms with Crippen LogP contribution in [0.1, 0.15) is 52.3 Å². The van der Waals surface area contributed by atoms with Gasteiger partial charge in [0.25, 0.3) is 0 Å². The number of guanidine groups is 1. The van der Waals surface area contributed by atoms with Crippen LogP contribution in [0.25, 0.3) is 0 Å². The Hall–Kier alpha value is -1.60. The molecule has 1 aliphatic heterocycles. The number of nitrogens with zero attached hydrogens (tertiary/aromatic N) is 4. The maximum atomic E-state index is 5.67. The Morgan fingerprint density at radius 3 is 2.71 bits per heavy atom. The van der Waals surface area contributed by atoms with Gasteiger partial charge in [-0.2, -0.15) is 0 Å². The monoisotopic (exact) mass is 392 g/mol. The third kappa shape index (κ3) is 8.61. The van der Waals surface area contributed by atoms with Gasteiger partial charge in [-0.05, 0) is 53.4 Å². The molecule has 7 heteroatoms. The van der Waals surface area contributed by atoms with E-state index in [2.05, 4.69) is 45.9 Å². The first kappa shape index (κ1) is 22.7. The molecule has 1 saturated heterocycles. The number of rotatable bonds is 11. The molecule has 1 fully saturated rings. The lowest BCUT2D eigenvalue weighted by molar-refractivity contribution is 0.0532. The van der Waals surface area contributed by atoms with Crippen molar-refractivity contribution < 1.29 is 4.74 Å². The van der Waals surface area contributed by atoms with Gasteiger partial charge in [0.1, 0.15) is 5.82 Å². The van der Waals surface area contributed by atoms with Gasteiger partial charge in [-0.1, -0.05) is 0 Å². The molecule has 2 rings (SSSR count). The minimum Gasteiger partial charge on any atom is -0.377 e. The average Bonchev–Trinajstić information content (AvgIpc) is 3.07. The zero-order valence-corrected chi connectivity index (χ0v) is 18.3. The summed E-state index contributed by atoms with van der Waals surface area (Å²) in [4.78, 5) is 11.5. The van der Waals surface area contributed by atoms with Gasteiger partial charge >= 0.3 is 0 Å². The van der Waals surface area contributed by atoms with Crippen molar-refractivity contribution >= 4 is 5.96 Å². The number of aromatic nitrogens is 2. The van der Waals surface area contributed by atoms with Crippen LogP contribution in [0.15, 0.2) is 17.4 Å². The van der Waals surface area contributed by atoms with Crippen molar-refractivity contribution in [3.63, 3.8) is 0 Å². The maximum absolute atomic E-state index is 5.67. The lowest BCUT2D eigenvalue weighted by atomic mass is 10.1. The summed E-state index contributed by atoms with van der Waals surface area (Å²) in [6.45, 7) is 15.3. The third-order valence-electron chi connectivity index (χ3n) is 5.13. The first-order valence-corrected chi connectivity index (χ1v) is 10.9. The molecule has 0 radical (unpaired) electrons. The molecule has 0 unspecified atom stereocenters. The van der Waals surface area contributed by atoms with E-state index in [0.717, 1.165) is 83.3 Å². The molecule has 1 aliphatic rings. The van der Waals surface area contributed by atoms with Gasteiger partial charge in [0.2, 0.25) is 0 Å². The smallest absolute Gasteiger partial charge is 0.191 e. The summed E-state index contributed by atoms with van der Waals surface area (Å²) in [5, 5.41) is 7.02. The number of aliphatic imine (C=N–C) groups is 1. The van der Waals surface area contributed by atoms with Crippen LogP contribution in [0.3, 0.4) is 0 Å². The maximum Gasteiger partial charge on any atom is 0.191 e. The van der Waals surface area contributed by atoms with Gasteiger partial charge in [-0.25, -0.2) is 4.98 Å². The van der Waals surface area contributed by atoms with Crippen molar-refractivity contribution in [3.05, 3.63) is 18.2 Å². The summed E-state index contributed by atoms with van der Waals surface area (Å²) in [6, 6.07) is 0.508. The van der Waals surface area contributed by atoms with Gasteiger partial charge < -0.3 is 24.8 Å². The molecule has 0 atom stereocenters. The van der Waals surface area contributed by atoms with E-state index in [1.165, 1.54) is 0 Å². The summed E-state index contributed by atoms with van der Waals surface area (Å²) in [6.07, 6.45) is 8.76. The van der Waals surface area contributed by atoms with Gasteiger partial charge in [-0.3, -0.25) is 4.99 Å². The van der Waals surface area contributed by atoms with Gasteiger partial charge in [0, 0.05) is 57.7 Å². The van der Waals surface area contributed by atoms with Crippen molar-refractivity contribution in [1.82, 2.24) is 25.1 Å². The quantitative estimate of drug-likeness (QED) is 0.344. The van der Waals surface area contributed by atoms with Crippen molar-refractivity contribution in [2.45, 2.75) is 72.1 Å². The van der Waals surface area contributed by atoms with Crippen molar-refractivity contribution in [1.29, 1.82) is 0 Å². The molecular formula is C21H40N6O. The molecule has 0 spiro atoms. The molecule has 0 saturated carbocycles. The Balaban J connectivity index is 1.64. The van der Waals surface area contributed by atoms with Crippen molar-refractivity contribution in [2.24, 2.45) is 4.99 Å². The fourth-order valence-corrected chi connectivity index (χ4v) is 3.46. The molecule has 2 N–H and O–H groups in total. The molecule has 1 aromatic heterocycles. The fraction of sp³-hybridized carbons (Fsp3) is 0.810. The van der Waals surface area contributed by atoms with E-state index in [4.69, 9.17) is 9.73 Å². The van der Waals surface area contributed by atoms with Crippen LogP contribution in [-0.2, 0) is 11.3 Å². The number of hydrogen-bond donors (Lipinski definition) is 2. The average molecular weight is 393 g/mol. The molecule has 2 heterocycles. The molecule has 0 aromatic carbocycles. The molecule has 0 aliphatic carbocycles. The fourth-order valence-electron chi connectivity index (χ4n) is 3.46. The first-order chi connectivity index (χ1) is 13.6. The van der Waals surface area contributed by atoms with E-state index in [-0.39, 0.29) is 0 Å². The summed E-state index contributed by atoms with van der Waals surface area (Å²) in [7, 11) is 0. The van der Waals surface area contributed by atoms with E-state index in [0.29, 0.717) is 12.1 Å². The highest BCUT2D eigenvalue weighted by molar-refractivity contribution is 5.80. The van der Waals surface area contributed by atoms with E-state index in [1.807, 2.05) is 19.3 Å². The zero-order chi connectivity index (χ0) is 20.2. The Bertz CT molecular complexity index is 563. The highest BCUT2D eigenvalue weighted by Gasteiger charge is 2.19. The second kappa shape index (κ2) is 12.8. The highest BCUT2D eigenvalue weighted by Crippen LogP contribution is 2.10.